The van der Waals surface area contributed by atoms with Gasteiger partial charge in [-0.2, -0.15) is 0 Å². The zero-order valence-corrected chi connectivity index (χ0v) is 20.7. The average molecular weight is 447 g/mol. The molecule has 0 aliphatic carbocycles. The molecule has 5 rings (SSSR count). The molecule has 2 fully saturated rings. The van der Waals surface area contributed by atoms with E-state index in [9.17, 15) is 0 Å². The van der Waals surface area contributed by atoms with Crippen LogP contribution in [0.15, 0.2) is 36.5 Å². The van der Waals surface area contributed by atoms with Gasteiger partial charge in [-0.3, -0.25) is 14.3 Å². The second-order valence-corrected chi connectivity index (χ2v) is 9.90. The van der Waals surface area contributed by atoms with Crippen LogP contribution in [0.2, 0.25) is 0 Å². The van der Waals surface area contributed by atoms with Crippen molar-refractivity contribution in [1.29, 1.82) is 0 Å². The minimum absolute atomic E-state index is 0.326. The van der Waals surface area contributed by atoms with Crippen LogP contribution in [0.1, 0.15) is 67.3 Å². The Hall–Kier alpha value is -2.44. The molecule has 0 amide bonds. The number of likely N-dealkylation sites (N-methyl/N-ethyl adjacent to an activating group) is 1. The van der Waals surface area contributed by atoms with Crippen molar-refractivity contribution < 1.29 is 0 Å². The van der Waals surface area contributed by atoms with Crippen molar-refractivity contribution >= 4 is 11.5 Å². The van der Waals surface area contributed by atoms with Gasteiger partial charge < -0.3 is 9.80 Å². The molecule has 2 aliphatic rings. The molecular formula is C27H38N6. The van der Waals surface area contributed by atoms with E-state index in [0.29, 0.717) is 12.1 Å². The number of rotatable bonds is 5. The van der Waals surface area contributed by atoms with Crippen molar-refractivity contribution in [2.24, 2.45) is 0 Å². The van der Waals surface area contributed by atoms with Gasteiger partial charge in [0.25, 0.3) is 0 Å². The van der Waals surface area contributed by atoms with Gasteiger partial charge in [0.1, 0.15) is 11.5 Å². The highest BCUT2D eigenvalue weighted by atomic mass is 15.3. The van der Waals surface area contributed by atoms with Crippen molar-refractivity contribution in [2.45, 2.75) is 58.0 Å². The van der Waals surface area contributed by atoms with Gasteiger partial charge in [-0.1, -0.05) is 25.5 Å². The van der Waals surface area contributed by atoms with E-state index in [4.69, 9.17) is 9.97 Å². The second-order valence-electron chi connectivity index (χ2n) is 9.90. The van der Waals surface area contributed by atoms with E-state index in [2.05, 4.69) is 71.3 Å². The molecule has 2 saturated heterocycles. The molecule has 0 saturated carbocycles. The lowest BCUT2D eigenvalue weighted by molar-refractivity contribution is 0.109. The molecule has 2 aliphatic heterocycles. The lowest BCUT2D eigenvalue weighted by atomic mass is 9.90. The summed E-state index contributed by atoms with van der Waals surface area (Å²) < 4.78 is 2.47. The summed E-state index contributed by atoms with van der Waals surface area (Å²) >= 11 is 0. The number of imidazole rings is 1. The number of hydrogen-bond donors (Lipinski definition) is 0. The number of anilines is 1. The highest BCUT2D eigenvalue weighted by Gasteiger charge is 2.34. The molecule has 6 nitrogen and oxygen atoms in total. The number of nitrogens with zero attached hydrogens (tertiary/aromatic N) is 6. The molecule has 2 atom stereocenters. The molecule has 6 heteroatoms. The number of aromatic nitrogens is 3. The van der Waals surface area contributed by atoms with Crippen LogP contribution in [0.4, 0.5) is 5.82 Å². The Bertz CT molecular complexity index is 1100. The van der Waals surface area contributed by atoms with E-state index in [1.54, 1.807) is 0 Å². The van der Waals surface area contributed by atoms with Gasteiger partial charge in [-0.15, -0.1) is 0 Å². The van der Waals surface area contributed by atoms with Crippen molar-refractivity contribution in [3.8, 4) is 0 Å². The molecule has 5 heterocycles. The van der Waals surface area contributed by atoms with E-state index < -0.39 is 0 Å². The van der Waals surface area contributed by atoms with Gasteiger partial charge in [-0.25, -0.2) is 4.98 Å². The van der Waals surface area contributed by atoms with E-state index in [0.717, 1.165) is 57.5 Å². The minimum Gasteiger partial charge on any atom is -0.355 e. The molecule has 176 valence electrons. The quantitative estimate of drug-likeness (QED) is 0.571. The number of piperidine rings is 1. The third-order valence-electron chi connectivity index (χ3n) is 7.68. The first-order chi connectivity index (χ1) is 16.1. The van der Waals surface area contributed by atoms with E-state index in [1.165, 1.54) is 34.9 Å². The van der Waals surface area contributed by atoms with Gasteiger partial charge in [0, 0.05) is 38.1 Å². The van der Waals surface area contributed by atoms with Gasteiger partial charge in [0.05, 0.1) is 23.5 Å². The third kappa shape index (κ3) is 4.15. The maximum atomic E-state index is 5.29. The summed E-state index contributed by atoms with van der Waals surface area (Å²) in [5.74, 6) is 1.30. The highest BCUT2D eigenvalue weighted by Crippen LogP contribution is 2.42. The first kappa shape index (κ1) is 22.4. The lowest BCUT2D eigenvalue weighted by Gasteiger charge is -2.39. The monoisotopic (exact) mass is 446 g/mol. The molecular weight excluding hydrogens is 408 g/mol. The van der Waals surface area contributed by atoms with Crippen LogP contribution in [0.25, 0.3) is 5.65 Å². The fourth-order valence-corrected chi connectivity index (χ4v) is 5.81. The molecule has 0 spiro atoms. The summed E-state index contributed by atoms with van der Waals surface area (Å²) in [4.78, 5) is 17.6. The number of pyridine rings is 2. The number of aryl methyl sites for hydroxylation is 2. The van der Waals surface area contributed by atoms with Gasteiger partial charge in [-0.05, 0) is 70.5 Å². The van der Waals surface area contributed by atoms with Gasteiger partial charge in [0.15, 0.2) is 0 Å². The maximum Gasteiger partial charge on any atom is 0.138 e. The molecule has 0 aromatic carbocycles. The SMILES string of the molecule is CCCc1c(C2CCCC(c3ncccc3C)N2C)nc2cccc(N3CCN(C)CC3)n12. The Balaban J connectivity index is 1.55. The standard InChI is InChI=1S/C27H38N6/c1-5-9-23-27(22-12-6-11-21(31(22)4)26-20(2)10-8-15-28-26)29-24-13-7-14-25(33(23)24)32-18-16-30(3)17-19-32/h7-8,10,13-15,21-22H,5-6,9,11-12,16-19H2,1-4H3. The Morgan fingerprint density at radius 1 is 0.939 bits per heavy atom. The van der Waals surface area contributed by atoms with Crippen LogP contribution in [0.5, 0.6) is 0 Å². The predicted molar refractivity (Wildman–Crippen MR) is 135 cm³/mol. The van der Waals surface area contributed by atoms with Crippen molar-refractivity contribution in [3.63, 3.8) is 0 Å². The first-order valence-electron chi connectivity index (χ1n) is 12.7. The van der Waals surface area contributed by atoms with Gasteiger partial charge >= 0.3 is 0 Å². The number of hydrogen-bond acceptors (Lipinski definition) is 5. The number of piperazine rings is 1. The Labute approximate surface area is 198 Å². The van der Waals surface area contributed by atoms with Crippen molar-refractivity contribution in [1.82, 2.24) is 24.2 Å². The van der Waals surface area contributed by atoms with Crippen LogP contribution < -0.4 is 4.90 Å². The predicted octanol–water partition coefficient (Wildman–Crippen LogP) is 4.64. The fraction of sp³-hybridized carbons (Fsp3) is 0.556. The molecule has 3 aromatic heterocycles. The normalized spacial score (nSPS) is 22.8. The van der Waals surface area contributed by atoms with Crippen LogP contribution in [-0.4, -0.2) is 64.4 Å². The maximum absolute atomic E-state index is 5.29. The summed E-state index contributed by atoms with van der Waals surface area (Å²) in [5, 5.41) is 0. The average Bonchev–Trinajstić information content (AvgIpc) is 3.19. The molecule has 0 bridgehead atoms. The van der Waals surface area contributed by atoms with Gasteiger partial charge in [0.2, 0.25) is 0 Å². The second kappa shape index (κ2) is 9.43. The first-order valence-corrected chi connectivity index (χ1v) is 12.7. The van der Waals surface area contributed by atoms with E-state index in [1.807, 2.05) is 12.3 Å². The fourth-order valence-electron chi connectivity index (χ4n) is 5.81. The Kier molecular flexibility index (Phi) is 6.39. The number of fused-ring (bicyclic) bond motifs is 1. The molecule has 33 heavy (non-hydrogen) atoms. The summed E-state index contributed by atoms with van der Waals surface area (Å²) in [6, 6.07) is 11.6. The third-order valence-corrected chi connectivity index (χ3v) is 7.68. The molecule has 3 aromatic rings. The summed E-state index contributed by atoms with van der Waals surface area (Å²) in [7, 11) is 4.50. The topological polar surface area (TPSA) is 39.9 Å². The van der Waals surface area contributed by atoms with Crippen molar-refractivity contribution in [2.75, 3.05) is 45.2 Å². The summed E-state index contributed by atoms with van der Waals surface area (Å²) in [6.45, 7) is 8.83. The molecule has 0 N–H and O–H groups in total. The highest BCUT2D eigenvalue weighted by molar-refractivity contribution is 5.55. The van der Waals surface area contributed by atoms with Crippen LogP contribution >= 0.6 is 0 Å². The van der Waals surface area contributed by atoms with Crippen LogP contribution in [0, 0.1) is 6.92 Å². The van der Waals surface area contributed by atoms with Crippen LogP contribution in [-0.2, 0) is 6.42 Å². The van der Waals surface area contributed by atoms with E-state index in [-0.39, 0.29) is 0 Å². The minimum atomic E-state index is 0.326. The summed E-state index contributed by atoms with van der Waals surface area (Å²) in [6.07, 6.45) is 7.64. The number of likely N-dealkylation sites (tertiary alicyclic amines) is 1. The summed E-state index contributed by atoms with van der Waals surface area (Å²) in [5.41, 5.74) is 6.28. The van der Waals surface area contributed by atoms with E-state index >= 15 is 0 Å². The van der Waals surface area contributed by atoms with Crippen molar-refractivity contribution in [3.05, 3.63) is 59.2 Å². The zero-order valence-electron chi connectivity index (χ0n) is 20.7. The largest absolute Gasteiger partial charge is 0.355 e. The Morgan fingerprint density at radius 2 is 1.70 bits per heavy atom. The smallest absolute Gasteiger partial charge is 0.138 e. The zero-order chi connectivity index (χ0) is 22.9. The Morgan fingerprint density at radius 3 is 2.42 bits per heavy atom. The van der Waals surface area contributed by atoms with Crippen LogP contribution in [0.3, 0.4) is 0 Å². The molecule has 0 radical (unpaired) electrons. The lowest BCUT2D eigenvalue weighted by Crippen LogP contribution is -2.45. The molecule has 2 unspecified atom stereocenters.